The van der Waals surface area contributed by atoms with Gasteiger partial charge in [0, 0.05) is 18.1 Å². The molecule has 0 aliphatic rings. The molecule has 0 bridgehead atoms. The number of benzene rings is 1. The number of aromatic nitrogens is 1. The molecular weight excluding hydrogens is 236 g/mol. The lowest BCUT2D eigenvalue weighted by molar-refractivity contribution is 0.584. The smallest absolute Gasteiger partial charge is 0.242 e. The van der Waals surface area contributed by atoms with Crippen molar-refractivity contribution in [3.8, 4) is 0 Å². The van der Waals surface area contributed by atoms with Crippen LogP contribution < -0.4 is 4.72 Å². The van der Waals surface area contributed by atoms with Gasteiger partial charge in [-0.3, -0.25) is 4.98 Å². The van der Waals surface area contributed by atoms with E-state index >= 15 is 0 Å². The number of aryl methyl sites for hydroxylation is 1. The molecule has 2 aromatic rings. The summed E-state index contributed by atoms with van der Waals surface area (Å²) in [7, 11) is -3.46. The van der Waals surface area contributed by atoms with E-state index in [-0.39, 0.29) is 4.90 Å². The fraction of sp³-hybridized carbons (Fsp3) is 0.250. The van der Waals surface area contributed by atoms with E-state index in [4.69, 9.17) is 0 Å². The first-order valence-corrected chi connectivity index (χ1v) is 6.88. The van der Waals surface area contributed by atoms with Gasteiger partial charge in [0.15, 0.2) is 0 Å². The van der Waals surface area contributed by atoms with E-state index in [9.17, 15) is 8.42 Å². The predicted octanol–water partition coefficient (Wildman–Crippen LogP) is 1.84. The van der Waals surface area contributed by atoms with Crippen LogP contribution >= 0.6 is 0 Å². The van der Waals surface area contributed by atoms with Gasteiger partial charge < -0.3 is 0 Å². The molecule has 2 rings (SSSR count). The van der Waals surface area contributed by atoms with Gasteiger partial charge in [0.25, 0.3) is 0 Å². The standard InChI is InChI=1S/C12H14N2O2S/c1-3-14-17(15,16)11-6-4-5-10-7-9(2)8-13-12(10)11/h4-8,14H,3H2,1-2H3. The van der Waals surface area contributed by atoms with Crippen LogP contribution in [0.2, 0.25) is 0 Å². The van der Waals surface area contributed by atoms with Gasteiger partial charge >= 0.3 is 0 Å². The molecule has 1 N–H and O–H groups in total. The molecule has 1 heterocycles. The van der Waals surface area contributed by atoms with Crippen LogP contribution in [0.25, 0.3) is 10.9 Å². The number of pyridine rings is 1. The van der Waals surface area contributed by atoms with E-state index in [1.807, 2.05) is 19.1 Å². The maximum atomic E-state index is 12.0. The molecule has 0 radical (unpaired) electrons. The summed E-state index contributed by atoms with van der Waals surface area (Å²) in [4.78, 5) is 4.44. The SMILES string of the molecule is CCNS(=O)(=O)c1cccc2cc(C)cnc12. The Kier molecular flexibility index (Phi) is 3.13. The van der Waals surface area contributed by atoms with E-state index in [0.29, 0.717) is 12.1 Å². The third kappa shape index (κ3) is 2.30. The molecule has 17 heavy (non-hydrogen) atoms. The second kappa shape index (κ2) is 4.43. The van der Waals surface area contributed by atoms with Gasteiger partial charge in [0.1, 0.15) is 4.90 Å². The number of fused-ring (bicyclic) bond motifs is 1. The zero-order chi connectivity index (χ0) is 12.5. The van der Waals surface area contributed by atoms with E-state index in [1.54, 1.807) is 25.3 Å². The summed E-state index contributed by atoms with van der Waals surface area (Å²) in [5.74, 6) is 0. The monoisotopic (exact) mass is 250 g/mol. The van der Waals surface area contributed by atoms with Crippen LogP contribution in [0.5, 0.6) is 0 Å². The number of nitrogens with one attached hydrogen (secondary N) is 1. The van der Waals surface area contributed by atoms with Gasteiger partial charge in [-0.25, -0.2) is 13.1 Å². The highest BCUT2D eigenvalue weighted by Gasteiger charge is 2.16. The highest BCUT2D eigenvalue weighted by molar-refractivity contribution is 7.89. The molecular formula is C12H14N2O2S. The minimum atomic E-state index is -3.46. The van der Waals surface area contributed by atoms with Crippen molar-refractivity contribution in [3.05, 3.63) is 36.0 Å². The number of hydrogen-bond donors (Lipinski definition) is 1. The summed E-state index contributed by atoms with van der Waals surface area (Å²) >= 11 is 0. The zero-order valence-electron chi connectivity index (χ0n) is 9.77. The highest BCUT2D eigenvalue weighted by Crippen LogP contribution is 2.21. The predicted molar refractivity (Wildman–Crippen MR) is 67.3 cm³/mol. The van der Waals surface area contributed by atoms with Crippen molar-refractivity contribution >= 4 is 20.9 Å². The van der Waals surface area contributed by atoms with Crippen molar-refractivity contribution < 1.29 is 8.42 Å². The molecule has 0 saturated heterocycles. The second-order valence-electron chi connectivity index (χ2n) is 3.84. The van der Waals surface area contributed by atoms with Gasteiger partial charge in [-0.15, -0.1) is 0 Å². The Morgan fingerprint density at radius 3 is 2.82 bits per heavy atom. The first-order chi connectivity index (χ1) is 8.04. The third-order valence-corrected chi connectivity index (χ3v) is 4.01. The van der Waals surface area contributed by atoms with Gasteiger partial charge in [0.2, 0.25) is 10.0 Å². The van der Waals surface area contributed by atoms with Gasteiger partial charge in [-0.05, 0) is 24.6 Å². The molecule has 0 fully saturated rings. The van der Waals surface area contributed by atoms with Crippen LogP contribution in [0, 0.1) is 6.92 Å². The van der Waals surface area contributed by atoms with Gasteiger partial charge in [0.05, 0.1) is 5.52 Å². The van der Waals surface area contributed by atoms with Crippen molar-refractivity contribution in [2.24, 2.45) is 0 Å². The summed E-state index contributed by atoms with van der Waals surface area (Å²) in [5, 5.41) is 0.837. The van der Waals surface area contributed by atoms with E-state index in [2.05, 4.69) is 9.71 Å². The quantitative estimate of drug-likeness (QED) is 0.904. The van der Waals surface area contributed by atoms with Crippen LogP contribution in [0.15, 0.2) is 35.4 Å². The van der Waals surface area contributed by atoms with Crippen LogP contribution in [-0.4, -0.2) is 19.9 Å². The highest BCUT2D eigenvalue weighted by atomic mass is 32.2. The minimum absolute atomic E-state index is 0.233. The number of para-hydroxylation sites is 1. The van der Waals surface area contributed by atoms with Crippen LogP contribution in [0.4, 0.5) is 0 Å². The van der Waals surface area contributed by atoms with Crippen molar-refractivity contribution in [2.45, 2.75) is 18.7 Å². The molecule has 0 aliphatic heterocycles. The Labute approximate surface area is 101 Å². The number of sulfonamides is 1. The third-order valence-electron chi connectivity index (χ3n) is 2.43. The fourth-order valence-corrected chi connectivity index (χ4v) is 2.95. The molecule has 0 unspecified atom stereocenters. The molecule has 0 saturated carbocycles. The molecule has 90 valence electrons. The van der Waals surface area contributed by atoms with Crippen molar-refractivity contribution in [1.29, 1.82) is 0 Å². The fourth-order valence-electron chi connectivity index (χ4n) is 1.73. The van der Waals surface area contributed by atoms with Crippen molar-refractivity contribution in [2.75, 3.05) is 6.54 Å². The maximum Gasteiger partial charge on any atom is 0.242 e. The topological polar surface area (TPSA) is 59.1 Å². The van der Waals surface area contributed by atoms with Crippen molar-refractivity contribution in [1.82, 2.24) is 9.71 Å². The number of rotatable bonds is 3. The first kappa shape index (κ1) is 12.0. The summed E-state index contributed by atoms with van der Waals surface area (Å²) < 4.78 is 26.4. The van der Waals surface area contributed by atoms with Crippen LogP contribution in [-0.2, 0) is 10.0 Å². The Morgan fingerprint density at radius 1 is 1.35 bits per heavy atom. The Morgan fingerprint density at radius 2 is 2.12 bits per heavy atom. The lowest BCUT2D eigenvalue weighted by atomic mass is 10.2. The Hall–Kier alpha value is -1.46. The Balaban J connectivity index is 2.71. The summed E-state index contributed by atoms with van der Waals surface area (Å²) in [6, 6.07) is 7.09. The lowest BCUT2D eigenvalue weighted by Gasteiger charge is -2.07. The molecule has 0 spiro atoms. The molecule has 0 amide bonds. The maximum absolute atomic E-state index is 12.0. The summed E-state index contributed by atoms with van der Waals surface area (Å²) in [6.45, 7) is 4.04. The van der Waals surface area contributed by atoms with E-state index in [0.717, 1.165) is 10.9 Å². The van der Waals surface area contributed by atoms with Crippen molar-refractivity contribution in [3.63, 3.8) is 0 Å². The van der Waals surface area contributed by atoms with Gasteiger partial charge in [-0.2, -0.15) is 0 Å². The largest absolute Gasteiger partial charge is 0.255 e. The number of nitrogens with zero attached hydrogens (tertiary/aromatic N) is 1. The first-order valence-electron chi connectivity index (χ1n) is 5.39. The summed E-state index contributed by atoms with van der Waals surface area (Å²) in [6.07, 6.45) is 1.67. The Bertz CT molecular complexity index is 651. The minimum Gasteiger partial charge on any atom is -0.255 e. The molecule has 0 atom stereocenters. The van der Waals surface area contributed by atoms with E-state index in [1.165, 1.54) is 0 Å². The second-order valence-corrected chi connectivity index (χ2v) is 5.58. The molecule has 1 aromatic carbocycles. The number of hydrogen-bond acceptors (Lipinski definition) is 3. The lowest BCUT2D eigenvalue weighted by Crippen LogP contribution is -2.23. The molecule has 1 aromatic heterocycles. The summed E-state index contributed by atoms with van der Waals surface area (Å²) in [5.41, 5.74) is 1.52. The molecule has 0 aliphatic carbocycles. The normalized spacial score (nSPS) is 11.9. The zero-order valence-corrected chi connectivity index (χ0v) is 10.6. The van der Waals surface area contributed by atoms with E-state index < -0.39 is 10.0 Å². The van der Waals surface area contributed by atoms with Gasteiger partial charge in [-0.1, -0.05) is 19.1 Å². The van der Waals surface area contributed by atoms with Crippen LogP contribution in [0.3, 0.4) is 0 Å². The average Bonchev–Trinajstić information content (AvgIpc) is 2.27. The molecule has 4 nitrogen and oxygen atoms in total. The average molecular weight is 250 g/mol. The van der Waals surface area contributed by atoms with Crippen LogP contribution in [0.1, 0.15) is 12.5 Å². The molecule has 5 heteroatoms.